The number of carbonyl (C=O) groups excluding carboxylic acids is 2. The highest BCUT2D eigenvalue weighted by Crippen LogP contribution is 2.24. The van der Waals surface area contributed by atoms with E-state index in [1.807, 2.05) is 41.5 Å². The highest BCUT2D eigenvalue weighted by Gasteiger charge is 2.23. The van der Waals surface area contributed by atoms with E-state index in [2.05, 4.69) is 27.0 Å². The number of benzene rings is 1. The van der Waals surface area contributed by atoms with Crippen LogP contribution in [0, 0.1) is 0 Å². The Kier molecular flexibility index (Phi) is 6.66. The molecule has 0 bridgehead atoms. The Hall–Kier alpha value is -3.13. The molecule has 4 rings (SSSR count). The molecule has 0 aliphatic carbocycles. The monoisotopic (exact) mass is 437 g/mol. The number of imidazole rings is 1. The van der Waals surface area contributed by atoms with Crippen molar-refractivity contribution < 1.29 is 9.59 Å². The van der Waals surface area contributed by atoms with Gasteiger partial charge in [-0.2, -0.15) is 0 Å². The summed E-state index contributed by atoms with van der Waals surface area (Å²) in [6.45, 7) is 5.49. The van der Waals surface area contributed by atoms with Crippen LogP contribution in [-0.2, 0) is 11.3 Å². The molecule has 162 valence electrons. The lowest BCUT2D eigenvalue weighted by Gasteiger charge is -2.36. The molecule has 1 aliphatic heterocycles. The fourth-order valence-electron chi connectivity index (χ4n) is 3.78. The van der Waals surface area contributed by atoms with Gasteiger partial charge in [0.2, 0.25) is 5.91 Å². The van der Waals surface area contributed by atoms with E-state index < -0.39 is 0 Å². The Bertz CT molecular complexity index is 978. The third-order valence-corrected chi connectivity index (χ3v) is 6.33. The maximum atomic E-state index is 12.7. The largest absolute Gasteiger partial charge is 0.368 e. The van der Waals surface area contributed by atoms with E-state index in [0.717, 1.165) is 41.5 Å². The van der Waals surface area contributed by atoms with Crippen molar-refractivity contribution in [1.82, 2.24) is 14.9 Å². The Morgan fingerprint density at radius 2 is 1.90 bits per heavy atom. The number of piperazine rings is 1. The van der Waals surface area contributed by atoms with Gasteiger partial charge in [0.25, 0.3) is 5.91 Å². The number of amides is 2. The second-order valence-electron chi connectivity index (χ2n) is 7.58. The first kappa shape index (κ1) is 21.1. The lowest BCUT2D eigenvalue weighted by molar-refractivity contribution is -0.118. The molecule has 31 heavy (non-hydrogen) atoms. The molecule has 2 amide bonds. The minimum atomic E-state index is 0.102. The van der Waals surface area contributed by atoms with Gasteiger partial charge in [0, 0.05) is 50.2 Å². The van der Waals surface area contributed by atoms with Gasteiger partial charge in [-0.05, 0) is 42.1 Å². The Morgan fingerprint density at radius 3 is 2.52 bits per heavy atom. The summed E-state index contributed by atoms with van der Waals surface area (Å²) in [4.78, 5) is 39.2. The fraction of sp³-hybridized carbons (Fsp3) is 0.348. The highest BCUT2D eigenvalue weighted by molar-refractivity contribution is 7.12. The topological polar surface area (TPSA) is 72.5 Å². The van der Waals surface area contributed by atoms with Gasteiger partial charge in [-0.1, -0.05) is 13.0 Å². The van der Waals surface area contributed by atoms with Crippen molar-refractivity contribution in [3.63, 3.8) is 0 Å². The summed E-state index contributed by atoms with van der Waals surface area (Å²) in [7, 11) is 0. The number of nitrogens with one attached hydrogen (secondary N) is 1. The lowest BCUT2D eigenvalue weighted by Crippen LogP contribution is -2.48. The SMILES string of the molecule is CCCC(=O)N(Cc1cnc[nH]1)c1ccc(N2CCN(C(=O)c3cccs3)CC2)cc1. The van der Waals surface area contributed by atoms with Crippen molar-refractivity contribution in [1.29, 1.82) is 0 Å². The van der Waals surface area contributed by atoms with Gasteiger partial charge in [-0.15, -0.1) is 11.3 Å². The normalized spacial score (nSPS) is 14.0. The van der Waals surface area contributed by atoms with Gasteiger partial charge in [-0.3, -0.25) is 9.59 Å². The molecule has 2 aromatic heterocycles. The van der Waals surface area contributed by atoms with E-state index in [1.165, 1.54) is 11.3 Å². The Morgan fingerprint density at radius 1 is 1.13 bits per heavy atom. The molecule has 1 aromatic carbocycles. The smallest absolute Gasteiger partial charge is 0.264 e. The first-order valence-corrected chi connectivity index (χ1v) is 11.5. The van der Waals surface area contributed by atoms with Crippen molar-refractivity contribution in [3.05, 3.63) is 64.9 Å². The van der Waals surface area contributed by atoms with Gasteiger partial charge < -0.3 is 19.7 Å². The van der Waals surface area contributed by atoms with Crippen LogP contribution in [-0.4, -0.2) is 52.9 Å². The highest BCUT2D eigenvalue weighted by atomic mass is 32.1. The number of hydrogen-bond acceptors (Lipinski definition) is 5. The number of rotatable bonds is 7. The second kappa shape index (κ2) is 9.78. The fourth-order valence-corrected chi connectivity index (χ4v) is 4.47. The molecule has 0 atom stereocenters. The summed E-state index contributed by atoms with van der Waals surface area (Å²) in [6, 6.07) is 11.9. The van der Waals surface area contributed by atoms with Crippen molar-refractivity contribution in [2.45, 2.75) is 26.3 Å². The van der Waals surface area contributed by atoms with Crippen molar-refractivity contribution in [3.8, 4) is 0 Å². The zero-order valence-electron chi connectivity index (χ0n) is 17.7. The van der Waals surface area contributed by atoms with Crippen LogP contribution in [0.1, 0.15) is 35.1 Å². The predicted octanol–water partition coefficient (Wildman–Crippen LogP) is 3.77. The van der Waals surface area contributed by atoms with Crippen LogP contribution in [0.15, 0.2) is 54.3 Å². The molecule has 1 N–H and O–H groups in total. The average Bonchev–Trinajstić information content (AvgIpc) is 3.52. The Labute approximate surface area is 186 Å². The molecular formula is C23H27N5O2S. The summed E-state index contributed by atoms with van der Waals surface area (Å²) in [6.07, 6.45) is 4.70. The third kappa shape index (κ3) is 4.96. The minimum absolute atomic E-state index is 0.102. The van der Waals surface area contributed by atoms with E-state index in [9.17, 15) is 9.59 Å². The zero-order valence-corrected chi connectivity index (χ0v) is 18.5. The number of aromatic amines is 1. The number of hydrogen-bond donors (Lipinski definition) is 1. The van der Waals surface area contributed by atoms with Gasteiger partial charge in [0.15, 0.2) is 0 Å². The van der Waals surface area contributed by atoms with Crippen molar-refractivity contribution >= 4 is 34.5 Å². The summed E-state index contributed by atoms with van der Waals surface area (Å²) in [5, 5.41) is 1.94. The summed E-state index contributed by atoms with van der Waals surface area (Å²) < 4.78 is 0. The van der Waals surface area contributed by atoms with Crippen molar-refractivity contribution in [2.75, 3.05) is 36.0 Å². The lowest BCUT2D eigenvalue weighted by atomic mass is 10.2. The van der Waals surface area contributed by atoms with Crippen LogP contribution in [0.5, 0.6) is 0 Å². The summed E-state index contributed by atoms with van der Waals surface area (Å²) in [5.41, 5.74) is 2.89. The van der Waals surface area contributed by atoms with E-state index >= 15 is 0 Å². The third-order valence-electron chi connectivity index (χ3n) is 5.47. The molecule has 3 aromatic rings. The maximum absolute atomic E-state index is 12.7. The van der Waals surface area contributed by atoms with Crippen LogP contribution >= 0.6 is 11.3 Å². The molecule has 1 aliphatic rings. The standard InChI is InChI=1S/C23H27N5O2S/c1-2-4-22(29)28(16-18-15-24-17-25-18)20-8-6-19(7-9-20)26-10-12-27(13-11-26)23(30)21-5-3-14-31-21/h3,5-9,14-15,17H,2,4,10-13,16H2,1H3,(H,24,25). The molecule has 1 fully saturated rings. The van der Waals surface area contributed by atoms with Gasteiger partial charge in [0.1, 0.15) is 0 Å². The number of thiophene rings is 1. The molecule has 0 spiro atoms. The predicted molar refractivity (Wildman–Crippen MR) is 124 cm³/mol. The molecule has 0 unspecified atom stereocenters. The van der Waals surface area contributed by atoms with Gasteiger partial charge in [0.05, 0.1) is 23.4 Å². The number of nitrogens with zero attached hydrogens (tertiary/aromatic N) is 4. The second-order valence-corrected chi connectivity index (χ2v) is 8.53. The molecule has 1 saturated heterocycles. The van der Waals surface area contributed by atoms with Crippen LogP contribution in [0.3, 0.4) is 0 Å². The number of aromatic nitrogens is 2. The number of anilines is 2. The molecule has 7 nitrogen and oxygen atoms in total. The quantitative estimate of drug-likeness (QED) is 0.611. The minimum Gasteiger partial charge on any atom is -0.368 e. The molecular weight excluding hydrogens is 410 g/mol. The number of H-pyrrole nitrogens is 1. The average molecular weight is 438 g/mol. The van der Waals surface area contributed by atoms with E-state index in [4.69, 9.17) is 0 Å². The van der Waals surface area contributed by atoms with Gasteiger partial charge >= 0.3 is 0 Å². The van der Waals surface area contributed by atoms with E-state index in [-0.39, 0.29) is 11.8 Å². The van der Waals surface area contributed by atoms with Crippen LogP contribution < -0.4 is 9.80 Å². The van der Waals surface area contributed by atoms with Crippen LogP contribution in [0.25, 0.3) is 0 Å². The van der Waals surface area contributed by atoms with Crippen LogP contribution in [0.2, 0.25) is 0 Å². The van der Waals surface area contributed by atoms with Crippen LogP contribution in [0.4, 0.5) is 11.4 Å². The molecule has 8 heteroatoms. The van der Waals surface area contributed by atoms with E-state index in [1.54, 1.807) is 17.4 Å². The maximum Gasteiger partial charge on any atom is 0.264 e. The van der Waals surface area contributed by atoms with Crippen molar-refractivity contribution in [2.24, 2.45) is 0 Å². The van der Waals surface area contributed by atoms with E-state index in [0.29, 0.717) is 26.1 Å². The molecule has 0 radical (unpaired) electrons. The van der Waals surface area contributed by atoms with Gasteiger partial charge in [-0.25, -0.2) is 4.98 Å². The number of carbonyl (C=O) groups is 2. The Balaban J connectivity index is 1.41. The first-order chi connectivity index (χ1) is 15.2. The summed E-state index contributed by atoms with van der Waals surface area (Å²) >= 11 is 1.49. The molecule has 3 heterocycles. The molecule has 0 saturated carbocycles. The zero-order chi connectivity index (χ0) is 21.6. The summed E-state index contributed by atoms with van der Waals surface area (Å²) in [5.74, 6) is 0.222. The first-order valence-electron chi connectivity index (χ1n) is 10.6.